The first kappa shape index (κ1) is 15.5. The summed E-state index contributed by atoms with van der Waals surface area (Å²) in [6.45, 7) is 1.22. The highest BCUT2D eigenvalue weighted by Crippen LogP contribution is 2.06. The van der Waals surface area contributed by atoms with Crippen molar-refractivity contribution >= 4 is 6.09 Å². The number of carbonyl (C=O) groups is 1. The van der Waals surface area contributed by atoms with E-state index in [4.69, 9.17) is 10.2 Å². The summed E-state index contributed by atoms with van der Waals surface area (Å²) < 4.78 is 0. The van der Waals surface area contributed by atoms with Crippen LogP contribution in [0.3, 0.4) is 0 Å². The minimum absolute atomic E-state index is 0.126. The molecule has 0 unspecified atom stereocenters. The molecule has 0 atom stereocenters. The van der Waals surface area contributed by atoms with Crippen molar-refractivity contribution in [2.24, 2.45) is 0 Å². The minimum atomic E-state index is -0.863. The van der Waals surface area contributed by atoms with Gasteiger partial charge in [0, 0.05) is 19.7 Å². The van der Waals surface area contributed by atoms with Gasteiger partial charge < -0.3 is 15.1 Å². The average molecular weight is 265 g/mol. The molecule has 4 nitrogen and oxygen atoms in total. The Labute approximate surface area is 114 Å². The van der Waals surface area contributed by atoms with Crippen LogP contribution in [0.5, 0.6) is 0 Å². The van der Waals surface area contributed by atoms with Crippen molar-refractivity contribution in [1.29, 1.82) is 0 Å². The Kier molecular flexibility index (Phi) is 7.66. The van der Waals surface area contributed by atoms with Crippen LogP contribution in [0, 0.1) is 0 Å². The molecule has 1 rings (SSSR count). The van der Waals surface area contributed by atoms with Crippen LogP contribution in [0.25, 0.3) is 0 Å². The summed E-state index contributed by atoms with van der Waals surface area (Å²) in [5, 5.41) is 17.7. The molecule has 4 heteroatoms. The van der Waals surface area contributed by atoms with E-state index in [-0.39, 0.29) is 6.61 Å². The van der Waals surface area contributed by atoms with Crippen LogP contribution in [-0.2, 0) is 6.42 Å². The lowest BCUT2D eigenvalue weighted by Gasteiger charge is -2.18. The monoisotopic (exact) mass is 265 g/mol. The first-order chi connectivity index (χ1) is 9.24. The zero-order chi connectivity index (χ0) is 13.9. The summed E-state index contributed by atoms with van der Waals surface area (Å²) in [6, 6.07) is 10.2. The van der Waals surface area contributed by atoms with Crippen LogP contribution in [-0.4, -0.2) is 40.9 Å². The number of unbranched alkanes of at least 4 members (excludes halogenated alkanes) is 2. The summed E-state index contributed by atoms with van der Waals surface area (Å²) in [4.78, 5) is 12.5. The summed E-state index contributed by atoms with van der Waals surface area (Å²) in [5.74, 6) is 0. The normalized spacial score (nSPS) is 10.4. The number of aliphatic hydroxyl groups excluding tert-OH is 1. The van der Waals surface area contributed by atoms with Gasteiger partial charge in [-0.1, -0.05) is 30.3 Å². The Morgan fingerprint density at radius 1 is 1.00 bits per heavy atom. The molecule has 0 bridgehead atoms. The van der Waals surface area contributed by atoms with Crippen LogP contribution in [0.1, 0.15) is 31.2 Å². The number of benzene rings is 1. The molecule has 1 amide bonds. The van der Waals surface area contributed by atoms with Crippen molar-refractivity contribution in [3.8, 4) is 0 Å². The smallest absolute Gasteiger partial charge is 0.407 e. The second-order valence-electron chi connectivity index (χ2n) is 4.64. The molecule has 0 heterocycles. The van der Waals surface area contributed by atoms with Crippen molar-refractivity contribution in [1.82, 2.24) is 4.90 Å². The molecule has 0 aliphatic rings. The number of rotatable bonds is 9. The average Bonchev–Trinajstić information content (AvgIpc) is 2.42. The van der Waals surface area contributed by atoms with E-state index < -0.39 is 6.09 Å². The number of hydrogen-bond acceptors (Lipinski definition) is 2. The number of carboxylic acid groups (broad SMARTS) is 1. The van der Waals surface area contributed by atoms with Gasteiger partial charge in [0.2, 0.25) is 0 Å². The van der Waals surface area contributed by atoms with Crippen LogP contribution in [0.15, 0.2) is 30.3 Å². The number of hydrogen-bond donors (Lipinski definition) is 2. The fourth-order valence-corrected chi connectivity index (χ4v) is 1.99. The molecule has 0 radical (unpaired) electrons. The second kappa shape index (κ2) is 9.39. The zero-order valence-electron chi connectivity index (χ0n) is 11.3. The maximum Gasteiger partial charge on any atom is 0.407 e. The highest BCUT2D eigenvalue weighted by Gasteiger charge is 2.10. The maximum atomic E-state index is 11.0. The second-order valence-corrected chi connectivity index (χ2v) is 4.64. The zero-order valence-corrected chi connectivity index (χ0v) is 11.3. The first-order valence-electron chi connectivity index (χ1n) is 6.86. The van der Waals surface area contributed by atoms with Gasteiger partial charge in [-0.3, -0.25) is 0 Å². The SMILES string of the molecule is O=C(O)N(CCCCO)CCCCc1ccccc1. The van der Waals surface area contributed by atoms with Crippen molar-refractivity contribution in [2.75, 3.05) is 19.7 Å². The van der Waals surface area contributed by atoms with Gasteiger partial charge in [0.05, 0.1) is 0 Å². The number of aliphatic hydroxyl groups is 1. The molecule has 19 heavy (non-hydrogen) atoms. The lowest BCUT2D eigenvalue weighted by molar-refractivity contribution is 0.142. The Morgan fingerprint density at radius 3 is 2.21 bits per heavy atom. The molecule has 106 valence electrons. The molecule has 1 aromatic rings. The Balaban J connectivity index is 2.19. The van der Waals surface area contributed by atoms with E-state index in [2.05, 4.69) is 12.1 Å². The van der Waals surface area contributed by atoms with Gasteiger partial charge in [0.15, 0.2) is 0 Å². The third kappa shape index (κ3) is 6.82. The van der Waals surface area contributed by atoms with Gasteiger partial charge >= 0.3 is 6.09 Å². The summed E-state index contributed by atoms with van der Waals surface area (Å²) in [5.41, 5.74) is 1.30. The topological polar surface area (TPSA) is 60.8 Å². The van der Waals surface area contributed by atoms with E-state index >= 15 is 0 Å². The van der Waals surface area contributed by atoms with Gasteiger partial charge in [-0.2, -0.15) is 0 Å². The van der Waals surface area contributed by atoms with Gasteiger partial charge in [-0.05, 0) is 37.7 Å². The van der Waals surface area contributed by atoms with E-state index in [0.717, 1.165) is 25.7 Å². The lowest BCUT2D eigenvalue weighted by atomic mass is 10.1. The first-order valence-corrected chi connectivity index (χ1v) is 6.86. The Bertz CT molecular complexity index is 354. The molecule has 0 saturated heterocycles. The van der Waals surface area contributed by atoms with Crippen molar-refractivity contribution in [2.45, 2.75) is 32.1 Å². The molecule has 0 aliphatic carbocycles. The van der Waals surface area contributed by atoms with E-state index in [9.17, 15) is 4.79 Å². The Hall–Kier alpha value is -1.55. The fourth-order valence-electron chi connectivity index (χ4n) is 1.99. The van der Waals surface area contributed by atoms with E-state index in [1.165, 1.54) is 10.5 Å². The molecular weight excluding hydrogens is 242 g/mol. The van der Waals surface area contributed by atoms with Crippen LogP contribution < -0.4 is 0 Å². The molecule has 0 aliphatic heterocycles. The minimum Gasteiger partial charge on any atom is -0.465 e. The van der Waals surface area contributed by atoms with Gasteiger partial charge in [-0.15, -0.1) is 0 Å². The largest absolute Gasteiger partial charge is 0.465 e. The number of aryl methyl sites for hydroxylation is 1. The highest BCUT2D eigenvalue weighted by molar-refractivity contribution is 5.64. The summed E-state index contributed by atoms with van der Waals surface area (Å²) in [6.07, 6.45) is 3.38. The van der Waals surface area contributed by atoms with Crippen LogP contribution in [0.2, 0.25) is 0 Å². The predicted molar refractivity (Wildman–Crippen MR) is 75.3 cm³/mol. The standard InChI is InChI=1S/C15H23NO3/c17-13-7-6-12-16(15(18)19)11-5-4-10-14-8-2-1-3-9-14/h1-3,8-9,17H,4-7,10-13H2,(H,18,19). The molecule has 0 fully saturated rings. The van der Waals surface area contributed by atoms with Crippen LogP contribution in [0.4, 0.5) is 4.79 Å². The van der Waals surface area contributed by atoms with E-state index in [1.807, 2.05) is 18.2 Å². The summed E-state index contributed by atoms with van der Waals surface area (Å²) >= 11 is 0. The molecule has 0 spiro atoms. The lowest BCUT2D eigenvalue weighted by Crippen LogP contribution is -2.31. The molecule has 0 aromatic heterocycles. The number of amides is 1. The Morgan fingerprint density at radius 2 is 1.63 bits per heavy atom. The highest BCUT2D eigenvalue weighted by atomic mass is 16.4. The fraction of sp³-hybridized carbons (Fsp3) is 0.533. The molecule has 0 saturated carbocycles. The van der Waals surface area contributed by atoms with E-state index in [0.29, 0.717) is 19.5 Å². The van der Waals surface area contributed by atoms with Crippen LogP contribution >= 0.6 is 0 Å². The quantitative estimate of drug-likeness (QED) is 0.675. The molecule has 2 N–H and O–H groups in total. The maximum absolute atomic E-state index is 11.0. The van der Waals surface area contributed by atoms with Crippen molar-refractivity contribution in [3.63, 3.8) is 0 Å². The van der Waals surface area contributed by atoms with Gasteiger partial charge in [0.1, 0.15) is 0 Å². The van der Waals surface area contributed by atoms with Crippen molar-refractivity contribution in [3.05, 3.63) is 35.9 Å². The predicted octanol–water partition coefficient (Wildman–Crippen LogP) is 2.76. The van der Waals surface area contributed by atoms with Crippen molar-refractivity contribution < 1.29 is 15.0 Å². The van der Waals surface area contributed by atoms with E-state index in [1.54, 1.807) is 0 Å². The summed E-state index contributed by atoms with van der Waals surface area (Å²) in [7, 11) is 0. The number of nitrogens with zero attached hydrogens (tertiary/aromatic N) is 1. The third-order valence-corrected chi connectivity index (χ3v) is 3.09. The molecular formula is C15H23NO3. The third-order valence-electron chi connectivity index (χ3n) is 3.09. The van der Waals surface area contributed by atoms with Gasteiger partial charge in [-0.25, -0.2) is 4.79 Å². The van der Waals surface area contributed by atoms with Gasteiger partial charge in [0.25, 0.3) is 0 Å². The molecule has 1 aromatic carbocycles.